The van der Waals surface area contributed by atoms with E-state index in [2.05, 4.69) is 21.5 Å². The molecule has 1 aliphatic heterocycles. The zero-order chi connectivity index (χ0) is 31.1. The maximum atomic E-state index is 13.0. The Bertz CT molecular complexity index is 1770. The summed E-state index contributed by atoms with van der Waals surface area (Å²) in [5.41, 5.74) is 11.7. The smallest absolute Gasteiger partial charge is 0.269 e. The average molecular weight is 605 g/mol. The predicted octanol–water partition coefficient (Wildman–Crippen LogP) is 4.65. The highest BCUT2D eigenvalue weighted by Crippen LogP contribution is 2.37. The molecule has 228 valence electrons. The molecule has 3 heterocycles. The molecule has 0 radical (unpaired) electrons. The number of nitrogens with zero attached hydrogens (tertiary/aromatic N) is 3. The standard InChI is InChI=1S/C32H40N6O4S/c1-6-43(41,42)37-13-11-23(12-14-37)27-19-34-29-25(27)16-24(17-26(29)30(33)39)22-9-7-21(8-10-22)18-35-31(40)28-15-20(2)36-38(28)32(3,4)5/h7-10,15-17,19,23,34H,6,11-14,18H2,1-5H3,(H2,33,39)(H,35,40). The van der Waals surface area contributed by atoms with Crippen molar-refractivity contribution in [2.75, 3.05) is 18.8 Å². The van der Waals surface area contributed by atoms with Crippen molar-refractivity contribution in [3.8, 4) is 11.1 Å². The number of primary amides is 1. The van der Waals surface area contributed by atoms with Crippen molar-refractivity contribution in [2.45, 2.75) is 65.5 Å². The molecule has 4 aromatic rings. The van der Waals surface area contributed by atoms with Crippen LogP contribution in [0.1, 0.15) is 84.1 Å². The minimum Gasteiger partial charge on any atom is -0.366 e. The molecule has 2 aromatic carbocycles. The van der Waals surface area contributed by atoms with E-state index in [-0.39, 0.29) is 23.1 Å². The summed E-state index contributed by atoms with van der Waals surface area (Å²) in [6.07, 6.45) is 3.34. The number of carbonyl (C=O) groups is 2. The van der Waals surface area contributed by atoms with Crippen LogP contribution in [0.2, 0.25) is 0 Å². The number of aromatic amines is 1. The van der Waals surface area contributed by atoms with E-state index >= 15 is 0 Å². The van der Waals surface area contributed by atoms with Crippen LogP contribution in [0.25, 0.3) is 22.0 Å². The van der Waals surface area contributed by atoms with E-state index in [1.54, 1.807) is 28.0 Å². The SMILES string of the molecule is CCS(=O)(=O)N1CCC(c2c[nH]c3c(C(N)=O)cc(-c4ccc(CNC(=O)c5cc(C)nn5C(C)(C)C)cc4)cc23)CC1. The fourth-order valence-corrected chi connectivity index (χ4v) is 6.97. The van der Waals surface area contributed by atoms with Gasteiger partial charge in [-0.25, -0.2) is 12.7 Å². The number of nitrogens with one attached hydrogen (secondary N) is 2. The van der Waals surface area contributed by atoms with Crippen LogP contribution in [0.15, 0.2) is 48.7 Å². The summed E-state index contributed by atoms with van der Waals surface area (Å²) in [5, 5.41) is 8.41. The number of benzene rings is 2. The van der Waals surface area contributed by atoms with Gasteiger partial charge in [-0.2, -0.15) is 5.10 Å². The summed E-state index contributed by atoms with van der Waals surface area (Å²) < 4.78 is 28.0. The van der Waals surface area contributed by atoms with Gasteiger partial charge in [0.05, 0.1) is 28.1 Å². The van der Waals surface area contributed by atoms with Crippen molar-refractivity contribution < 1.29 is 18.0 Å². The van der Waals surface area contributed by atoms with Crippen LogP contribution in [0, 0.1) is 6.92 Å². The average Bonchev–Trinajstić information content (AvgIpc) is 3.59. The Balaban J connectivity index is 1.36. The molecule has 0 spiro atoms. The van der Waals surface area contributed by atoms with Crippen LogP contribution in [-0.2, 0) is 22.1 Å². The number of hydrogen-bond acceptors (Lipinski definition) is 5. The first kappa shape index (κ1) is 30.5. The highest BCUT2D eigenvalue weighted by atomic mass is 32.2. The minimum atomic E-state index is -3.21. The number of H-pyrrole nitrogens is 1. The van der Waals surface area contributed by atoms with Gasteiger partial charge in [-0.1, -0.05) is 24.3 Å². The fourth-order valence-electron chi connectivity index (χ4n) is 5.84. The van der Waals surface area contributed by atoms with E-state index in [4.69, 9.17) is 5.73 Å². The van der Waals surface area contributed by atoms with Gasteiger partial charge in [0.1, 0.15) is 5.69 Å². The highest BCUT2D eigenvalue weighted by Gasteiger charge is 2.29. The van der Waals surface area contributed by atoms with Gasteiger partial charge in [0.2, 0.25) is 10.0 Å². The topological polar surface area (TPSA) is 143 Å². The molecule has 10 nitrogen and oxygen atoms in total. The first-order chi connectivity index (χ1) is 20.3. The molecule has 2 aromatic heterocycles. The number of amides is 2. The molecule has 43 heavy (non-hydrogen) atoms. The Kier molecular flexibility index (Phi) is 8.24. The molecule has 0 atom stereocenters. The van der Waals surface area contributed by atoms with Crippen LogP contribution in [0.3, 0.4) is 0 Å². The van der Waals surface area contributed by atoms with Crippen LogP contribution >= 0.6 is 0 Å². The lowest BCUT2D eigenvalue weighted by Crippen LogP contribution is -2.38. The lowest BCUT2D eigenvalue weighted by molar-refractivity contribution is 0.0931. The Morgan fingerprint density at radius 1 is 1.07 bits per heavy atom. The molecular formula is C32H40N6O4S. The fraction of sp³-hybridized carbons (Fsp3) is 0.406. The van der Waals surface area contributed by atoms with Gasteiger partial charge in [0.25, 0.3) is 11.8 Å². The number of aromatic nitrogens is 3. The monoisotopic (exact) mass is 604 g/mol. The van der Waals surface area contributed by atoms with Gasteiger partial charge < -0.3 is 16.0 Å². The number of nitrogens with two attached hydrogens (primary N) is 1. The van der Waals surface area contributed by atoms with Crippen molar-refractivity contribution in [2.24, 2.45) is 5.73 Å². The first-order valence-corrected chi connectivity index (χ1v) is 16.3. The van der Waals surface area contributed by atoms with Crippen molar-refractivity contribution in [3.63, 3.8) is 0 Å². The number of aryl methyl sites for hydroxylation is 1. The van der Waals surface area contributed by atoms with Gasteiger partial charge >= 0.3 is 0 Å². The van der Waals surface area contributed by atoms with Crippen LogP contribution in [0.5, 0.6) is 0 Å². The van der Waals surface area contributed by atoms with E-state index < -0.39 is 15.9 Å². The number of sulfonamides is 1. The molecule has 0 unspecified atom stereocenters. The molecule has 0 aliphatic carbocycles. The second-order valence-corrected chi connectivity index (χ2v) is 14.5. The molecular weight excluding hydrogens is 564 g/mol. The molecule has 1 saturated heterocycles. The zero-order valence-corrected chi connectivity index (χ0v) is 26.2. The summed E-state index contributed by atoms with van der Waals surface area (Å²) >= 11 is 0. The van der Waals surface area contributed by atoms with Crippen LogP contribution < -0.4 is 11.1 Å². The normalized spacial score (nSPS) is 15.2. The molecule has 1 fully saturated rings. The van der Waals surface area contributed by atoms with Crippen LogP contribution in [-0.4, -0.2) is 58.1 Å². The highest BCUT2D eigenvalue weighted by molar-refractivity contribution is 7.89. The maximum absolute atomic E-state index is 13.0. The lowest BCUT2D eigenvalue weighted by atomic mass is 9.88. The summed E-state index contributed by atoms with van der Waals surface area (Å²) in [4.78, 5) is 28.7. The van der Waals surface area contributed by atoms with Gasteiger partial charge in [0, 0.05) is 31.2 Å². The van der Waals surface area contributed by atoms with E-state index in [0.717, 1.165) is 33.3 Å². The summed E-state index contributed by atoms with van der Waals surface area (Å²) in [6.45, 7) is 10.9. The maximum Gasteiger partial charge on any atom is 0.269 e. The first-order valence-electron chi connectivity index (χ1n) is 14.7. The third-order valence-corrected chi connectivity index (χ3v) is 10.1. The molecule has 4 N–H and O–H groups in total. The molecule has 0 saturated carbocycles. The van der Waals surface area contributed by atoms with E-state index in [1.165, 1.54) is 0 Å². The Labute approximate surface area is 252 Å². The Morgan fingerprint density at radius 3 is 2.35 bits per heavy atom. The molecule has 0 bridgehead atoms. The quantitative estimate of drug-likeness (QED) is 0.268. The molecule has 1 aliphatic rings. The van der Waals surface area contributed by atoms with E-state index in [9.17, 15) is 18.0 Å². The lowest BCUT2D eigenvalue weighted by Gasteiger charge is -2.31. The number of hydrogen-bond donors (Lipinski definition) is 3. The summed E-state index contributed by atoms with van der Waals surface area (Å²) in [5.74, 6) is -0.441. The number of carbonyl (C=O) groups excluding carboxylic acids is 2. The molecule has 2 amide bonds. The van der Waals surface area contributed by atoms with Crippen molar-refractivity contribution in [1.29, 1.82) is 0 Å². The predicted molar refractivity (Wildman–Crippen MR) is 168 cm³/mol. The third kappa shape index (κ3) is 6.23. The van der Waals surface area contributed by atoms with Crippen molar-refractivity contribution >= 4 is 32.7 Å². The second-order valence-electron chi connectivity index (χ2n) is 12.3. The van der Waals surface area contributed by atoms with Gasteiger partial charge in [-0.05, 0) is 93.8 Å². The summed E-state index contributed by atoms with van der Waals surface area (Å²) in [7, 11) is -3.21. The Hall–Kier alpha value is -3.96. The third-order valence-electron chi connectivity index (χ3n) is 8.18. The van der Waals surface area contributed by atoms with Gasteiger partial charge in [-0.3, -0.25) is 14.3 Å². The zero-order valence-electron chi connectivity index (χ0n) is 25.4. The Morgan fingerprint density at radius 2 is 1.74 bits per heavy atom. The number of rotatable bonds is 8. The number of piperidine rings is 1. The van der Waals surface area contributed by atoms with Gasteiger partial charge in [0.15, 0.2) is 0 Å². The van der Waals surface area contributed by atoms with Crippen LogP contribution in [0.4, 0.5) is 0 Å². The second kappa shape index (κ2) is 11.6. The van der Waals surface area contributed by atoms with E-state index in [0.29, 0.717) is 49.2 Å². The number of fused-ring (bicyclic) bond motifs is 1. The van der Waals surface area contributed by atoms with E-state index in [1.807, 2.05) is 58.2 Å². The van der Waals surface area contributed by atoms with Crippen molar-refractivity contribution in [1.82, 2.24) is 24.4 Å². The molecule has 11 heteroatoms. The van der Waals surface area contributed by atoms with Gasteiger partial charge in [-0.15, -0.1) is 0 Å². The largest absolute Gasteiger partial charge is 0.366 e. The summed E-state index contributed by atoms with van der Waals surface area (Å²) in [6, 6.07) is 13.5. The van der Waals surface area contributed by atoms with Crippen molar-refractivity contribution in [3.05, 3.63) is 76.7 Å². The minimum absolute atomic E-state index is 0.101. The molecule has 5 rings (SSSR count).